The van der Waals surface area contributed by atoms with Crippen molar-refractivity contribution in [2.45, 2.75) is 37.1 Å². The molecule has 1 fully saturated rings. The Balaban J connectivity index is 1.61. The average Bonchev–Trinajstić information content (AvgIpc) is 3.14. The second-order valence-corrected chi connectivity index (χ2v) is 10.6. The number of hydrogen-bond donors (Lipinski definition) is 2. The normalized spacial score (nSPS) is 18.0. The van der Waals surface area contributed by atoms with E-state index in [1.54, 1.807) is 16.4 Å². The predicted octanol–water partition coefficient (Wildman–Crippen LogP) is 4.10. The van der Waals surface area contributed by atoms with E-state index in [1.807, 2.05) is 25.2 Å². The first-order valence-corrected chi connectivity index (χ1v) is 12.4. The Bertz CT molecular complexity index is 1290. The fourth-order valence-electron chi connectivity index (χ4n) is 4.94. The first-order chi connectivity index (χ1) is 15.4. The van der Waals surface area contributed by atoms with Crippen LogP contribution in [-0.4, -0.2) is 54.4 Å². The van der Waals surface area contributed by atoms with E-state index in [1.165, 1.54) is 0 Å². The maximum atomic E-state index is 13.0. The molecule has 0 amide bonds. The second kappa shape index (κ2) is 7.99. The van der Waals surface area contributed by atoms with Gasteiger partial charge in [-0.2, -0.15) is 4.31 Å². The van der Waals surface area contributed by atoms with E-state index < -0.39 is 10.0 Å². The van der Waals surface area contributed by atoms with Crippen molar-refractivity contribution in [3.63, 3.8) is 0 Å². The summed E-state index contributed by atoms with van der Waals surface area (Å²) in [5, 5.41) is 13.8. The Hall–Kier alpha value is -2.75. The molecule has 9 heteroatoms. The van der Waals surface area contributed by atoms with E-state index in [2.05, 4.69) is 15.1 Å². The van der Waals surface area contributed by atoms with Crippen LogP contribution in [0, 0.1) is 4.91 Å². The Morgan fingerprint density at radius 2 is 1.75 bits per heavy atom. The Labute approximate surface area is 186 Å². The minimum absolute atomic E-state index is 0.00146. The van der Waals surface area contributed by atoms with Crippen molar-refractivity contribution in [3.8, 4) is 17.0 Å². The van der Waals surface area contributed by atoms with Gasteiger partial charge in [0, 0.05) is 31.6 Å². The fourth-order valence-corrected chi connectivity index (χ4v) is 6.45. The smallest absolute Gasteiger partial charge is 0.243 e. The number of nitrogens with one attached hydrogen (secondary N) is 1. The largest absolute Gasteiger partial charge is 0.493 e. The first kappa shape index (κ1) is 21.1. The van der Waals surface area contributed by atoms with Crippen LogP contribution in [0.15, 0.2) is 40.4 Å². The molecule has 0 radical (unpaired) electrons. The molecule has 3 heterocycles. The summed E-state index contributed by atoms with van der Waals surface area (Å²) in [6.45, 7) is 2.71. The number of H-pyrrole nitrogens is 1. The standard InChI is InChI=1S/C23H26N4O4S/c1-26-12-9-17-18(13-19-21(20(17)14-26)24-23(28)22(19)25-29)15-5-7-16(8-6-15)32(30,31)27-10-3-2-4-11-27/h5-8,13,24,28H,2-4,9-12,14H2,1H3. The molecule has 0 aliphatic carbocycles. The van der Waals surface area contributed by atoms with Crippen molar-refractivity contribution >= 4 is 26.6 Å². The highest BCUT2D eigenvalue weighted by Gasteiger charge is 2.27. The molecule has 2 aromatic carbocycles. The average molecular weight is 455 g/mol. The third-order valence-corrected chi connectivity index (χ3v) is 8.57. The van der Waals surface area contributed by atoms with Crippen LogP contribution < -0.4 is 0 Å². The number of aromatic amines is 1. The van der Waals surface area contributed by atoms with Gasteiger partial charge in [0.2, 0.25) is 15.9 Å². The highest BCUT2D eigenvalue weighted by atomic mass is 32.2. The molecule has 2 aliphatic rings. The van der Waals surface area contributed by atoms with E-state index in [0.29, 0.717) is 29.9 Å². The van der Waals surface area contributed by atoms with Crippen LogP contribution >= 0.6 is 0 Å². The molecule has 3 aromatic rings. The molecule has 0 spiro atoms. The molecular weight excluding hydrogens is 428 g/mol. The molecule has 0 bridgehead atoms. The van der Waals surface area contributed by atoms with Gasteiger partial charge in [-0.3, -0.25) is 0 Å². The van der Waals surface area contributed by atoms with Gasteiger partial charge in [-0.05, 0) is 71.9 Å². The summed E-state index contributed by atoms with van der Waals surface area (Å²) in [7, 11) is -1.46. The van der Waals surface area contributed by atoms with E-state index in [-0.39, 0.29) is 11.6 Å². The molecule has 5 rings (SSSR count). The van der Waals surface area contributed by atoms with E-state index in [9.17, 15) is 18.4 Å². The van der Waals surface area contributed by atoms with Gasteiger partial charge >= 0.3 is 0 Å². The van der Waals surface area contributed by atoms with E-state index in [0.717, 1.165) is 60.0 Å². The zero-order chi connectivity index (χ0) is 22.5. The van der Waals surface area contributed by atoms with Crippen LogP contribution in [0.3, 0.4) is 0 Å². The lowest BCUT2D eigenvalue weighted by molar-refractivity contribution is 0.314. The van der Waals surface area contributed by atoms with Crippen LogP contribution in [0.4, 0.5) is 5.69 Å². The highest BCUT2D eigenvalue weighted by molar-refractivity contribution is 7.89. The summed E-state index contributed by atoms with van der Waals surface area (Å²) in [4.78, 5) is 16.8. The molecule has 0 unspecified atom stereocenters. The zero-order valence-corrected chi connectivity index (χ0v) is 18.8. The van der Waals surface area contributed by atoms with Gasteiger partial charge < -0.3 is 15.0 Å². The number of aromatic hydroxyl groups is 1. The lowest BCUT2D eigenvalue weighted by Crippen LogP contribution is -2.35. The van der Waals surface area contributed by atoms with Crippen LogP contribution in [0.2, 0.25) is 0 Å². The Kier molecular flexibility index (Phi) is 5.27. The summed E-state index contributed by atoms with van der Waals surface area (Å²) >= 11 is 0. The van der Waals surface area contributed by atoms with Gasteiger partial charge in [-0.1, -0.05) is 18.6 Å². The van der Waals surface area contributed by atoms with Crippen molar-refractivity contribution in [2.75, 3.05) is 26.7 Å². The van der Waals surface area contributed by atoms with Crippen molar-refractivity contribution < 1.29 is 13.5 Å². The zero-order valence-electron chi connectivity index (χ0n) is 18.0. The first-order valence-electron chi connectivity index (χ1n) is 10.9. The molecule has 8 nitrogen and oxygen atoms in total. The van der Waals surface area contributed by atoms with Crippen molar-refractivity contribution in [1.82, 2.24) is 14.2 Å². The summed E-state index contributed by atoms with van der Waals surface area (Å²) in [6.07, 6.45) is 3.68. The van der Waals surface area contributed by atoms with Gasteiger partial charge in [0.15, 0.2) is 5.69 Å². The quantitative estimate of drug-likeness (QED) is 0.577. The second-order valence-electron chi connectivity index (χ2n) is 8.69. The molecule has 1 saturated heterocycles. The number of benzene rings is 2. The molecule has 2 aliphatic heterocycles. The van der Waals surface area contributed by atoms with Gasteiger partial charge in [0.05, 0.1) is 10.4 Å². The minimum atomic E-state index is -3.50. The van der Waals surface area contributed by atoms with Gasteiger partial charge in [0.25, 0.3) is 0 Å². The number of nitroso groups, excluding NO2 is 1. The Morgan fingerprint density at radius 3 is 2.44 bits per heavy atom. The number of hydrogen-bond acceptors (Lipinski definition) is 6. The SMILES string of the molecule is CN1CCc2c(-c3ccc(S(=O)(=O)N4CCCCC4)cc3)cc3c(N=O)c(O)[nH]c3c2C1. The van der Waals surface area contributed by atoms with Crippen molar-refractivity contribution in [1.29, 1.82) is 0 Å². The van der Waals surface area contributed by atoms with Gasteiger partial charge in [0.1, 0.15) is 0 Å². The molecule has 0 atom stereocenters. The van der Waals surface area contributed by atoms with E-state index >= 15 is 0 Å². The number of rotatable bonds is 4. The van der Waals surface area contributed by atoms with Crippen LogP contribution in [-0.2, 0) is 23.0 Å². The van der Waals surface area contributed by atoms with Crippen LogP contribution in [0.1, 0.15) is 30.4 Å². The molecule has 1 aromatic heterocycles. The van der Waals surface area contributed by atoms with Gasteiger partial charge in [-0.15, -0.1) is 4.91 Å². The van der Waals surface area contributed by atoms with Crippen molar-refractivity contribution in [3.05, 3.63) is 46.4 Å². The highest BCUT2D eigenvalue weighted by Crippen LogP contribution is 2.43. The summed E-state index contributed by atoms with van der Waals surface area (Å²) < 4.78 is 27.6. The predicted molar refractivity (Wildman–Crippen MR) is 124 cm³/mol. The topological polar surface area (TPSA) is 106 Å². The molecule has 0 saturated carbocycles. The number of piperidine rings is 1. The van der Waals surface area contributed by atoms with Crippen LogP contribution in [0.25, 0.3) is 22.0 Å². The number of fused-ring (bicyclic) bond motifs is 3. The summed E-state index contributed by atoms with van der Waals surface area (Å²) in [6, 6.07) is 8.87. The third kappa shape index (κ3) is 3.41. The minimum Gasteiger partial charge on any atom is -0.493 e. The third-order valence-electron chi connectivity index (χ3n) is 6.65. The number of aromatic nitrogens is 1. The number of sulfonamides is 1. The Morgan fingerprint density at radius 1 is 1.03 bits per heavy atom. The fraction of sp³-hybridized carbons (Fsp3) is 0.391. The number of likely N-dealkylation sites (N-methyl/N-ethyl adjacent to an activating group) is 1. The lowest BCUT2D eigenvalue weighted by Gasteiger charge is -2.28. The lowest BCUT2D eigenvalue weighted by atomic mass is 9.89. The molecule has 168 valence electrons. The van der Waals surface area contributed by atoms with Gasteiger partial charge in [-0.25, -0.2) is 8.42 Å². The number of nitrogens with zero attached hydrogens (tertiary/aromatic N) is 3. The molecular formula is C23H26N4O4S. The maximum Gasteiger partial charge on any atom is 0.243 e. The monoisotopic (exact) mass is 454 g/mol. The van der Waals surface area contributed by atoms with E-state index in [4.69, 9.17) is 0 Å². The van der Waals surface area contributed by atoms with Crippen LogP contribution in [0.5, 0.6) is 5.88 Å². The van der Waals surface area contributed by atoms with Crippen molar-refractivity contribution in [2.24, 2.45) is 5.18 Å². The summed E-state index contributed by atoms with van der Waals surface area (Å²) in [5.74, 6) is -0.231. The maximum absolute atomic E-state index is 13.0. The summed E-state index contributed by atoms with van der Waals surface area (Å²) in [5.41, 5.74) is 4.71. The molecule has 32 heavy (non-hydrogen) atoms. The molecule has 2 N–H and O–H groups in total.